The Morgan fingerprint density at radius 2 is 2.17 bits per heavy atom. The van der Waals surface area contributed by atoms with Gasteiger partial charge in [0.25, 0.3) is 0 Å². The minimum atomic E-state index is -0.220. The van der Waals surface area contributed by atoms with Crippen molar-refractivity contribution >= 4 is 0 Å². The molecule has 0 aliphatic rings. The molecular formula is C3H6O3. The second kappa shape index (κ2) is 4.88. The summed E-state index contributed by atoms with van der Waals surface area (Å²) in [5.41, 5.74) is 0. The third-order valence-corrected chi connectivity index (χ3v) is 0.372. The second-order valence-corrected chi connectivity index (χ2v) is 0.880. The Kier molecular flexibility index (Phi) is 4.78. The van der Waals surface area contributed by atoms with Gasteiger partial charge in [0.15, 0.2) is 0 Å². The summed E-state index contributed by atoms with van der Waals surface area (Å²) < 4.78 is 0. The molecule has 0 saturated heterocycles. The van der Waals surface area contributed by atoms with Gasteiger partial charge in [-0.15, -0.1) is 0 Å². The van der Waals surface area contributed by atoms with Gasteiger partial charge < -0.3 is 0 Å². The zero-order chi connectivity index (χ0) is 4.83. The summed E-state index contributed by atoms with van der Waals surface area (Å²) >= 11 is 0. The first kappa shape index (κ1) is 5.88. The van der Waals surface area contributed by atoms with Crippen LogP contribution >= 0.6 is 0 Å². The number of hydrogen-bond acceptors (Lipinski definition) is 1. The molecule has 0 aliphatic carbocycles. The molecule has 0 unspecified atom stereocenters. The molecule has 0 aromatic carbocycles. The molecule has 0 saturated carbocycles. The standard InChI is InChI=1S/C3H6O3/c4-2-1-3-6-5/h1-3H2. The van der Waals surface area contributed by atoms with Crippen molar-refractivity contribution in [1.82, 2.24) is 0 Å². The van der Waals surface area contributed by atoms with Gasteiger partial charge >= 0.3 is 0 Å². The monoisotopic (exact) mass is 90.0 g/mol. The maximum Gasteiger partial charge on any atom is 0.0878 e. The topological polar surface area (TPSA) is 49.0 Å². The highest BCUT2D eigenvalue weighted by Crippen LogP contribution is 1.74. The lowest BCUT2D eigenvalue weighted by Crippen LogP contribution is -1.88. The molecule has 3 heteroatoms. The van der Waals surface area contributed by atoms with Crippen LogP contribution < -0.4 is 0 Å². The highest BCUT2D eigenvalue weighted by atomic mass is 17.1. The fraction of sp³-hybridized carbons (Fsp3) is 1.00. The Hall–Kier alpha value is -0.120. The smallest absolute Gasteiger partial charge is 0.0878 e. The molecule has 0 heterocycles. The van der Waals surface area contributed by atoms with E-state index in [0.717, 1.165) is 0 Å². The average molecular weight is 90.1 g/mol. The summed E-state index contributed by atoms with van der Waals surface area (Å²) in [4.78, 5) is 3.33. The maximum absolute atomic E-state index is 9.47. The minimum Gasteiger partial charge on any atom is -0.237 e. The molecule has 0 atom stereocenters. The zero-order valence-corrected chi connectivity index (χ0v) is 3.35. The lowest BCUT2D eigenvalue weighted by Gasteiger charge is -1.82. The fourth-order valence-corrected chi connectivity index (χ4v) is 0.118. The fourth-order valence-electron chi connectivity index (χ4n) is 0.118. The summed E-state index contributed by atoms with van der Waals surface area (Å²) in [6.07, 6.45) is 0.323. The van der Waals surface area contributed by atoms with Crippen LogP contribution in [0.3, 0.4) is 0 Å². The van der Waals surface area contributed by atoms with Crippen LogP contribution in [0.5, 0.6) is 0 Å². The van der Waals surface area contributed by atoms with Crippen molar-refractivity contribution in [3.63, 3.8) is 0 Å². The van der Waals surface area contributed by atoms with E-state index in [2.05, 4.69) is 4.89 Å². The normalized spacial score (nSPS) is 9.00. The first-order valence-electron chi connectivity index (χ1n) is 1.74. The van der Waals surface area contributed by atoms with E-state index < -0.39 is 0 Å². The lowest BCUT2D eigenvalue weighted by molar-refractivity contribution is -0.304. The van der Waals surface area contributed by atoms with E-state index in [9.17, 15) is 5.11 Å². The molecule has 36 valence electrons. The van der Waals surface area contributed by atoms with E-state index in [4.69, 9.17) is 5.26 Å². The van der Waals surface area contributed by atoms with Crippen LogP contribution in [0.4, 0.5) is 0 Å². The van der Waals surface area contributed by atoms with Crippen LogP contribution in [-0.2, 0) is 15.3 Å². The Labute approximate surface area is 36.1 Å². The molecule has 0 aromatic rings. The van der Waals surface area contributed by atoms with Gasteiger partial charge in [-0.1, -0.05) is 0 Å². The van der Waals surface area contributed by atoms with Gasteiger partial charge in [0.05, 0.1) is 13.2 Å². The van der Waals surface area contributed by atoms with Gasteiger partial charge in [0.1, 0.15) is 0 Å². The molecule has 2 radical (unpaired) electrons. The van der Waals surface area contributed by atoms with E-state index >= 15 is 0 Å². The van der Waals surface area contributed by atoms with Crippen molar-refractivity contribution in [2.75, 3.05) is 13.2 Å². The van der Waals surface area contributed by atoms with Gasteiger partial charge in [0, 0.05) is 6.42 Å². The molecule has 0 amide bonds. The quantitative estimate of drug-likeness (QED) is 0.277. The molecule has 0 N–H and O–H groups in total. The van der Waals surface area contributed by atoms with Crippen molar-refractivity contribution in [1.29, 1.82) is 0 Å². The first-order valence-corrected chi connectivity index (χ1v) is 1.74. The van der Waals surface area contributed by atoms with E-state index in [-0.39, 0.29) is 13.2 Å². The Morgan fingerprint density at radius 1 is 1.50 bits per heavy atom. The molecular weight excluding hydrogens is 84.0 g/mol. The predicted octanol–water partition coefficient (Wildman–Crippen LogP) is 0.169. The van der Waals surface area contributed by atoms with Crippen LogP contribution in [0, 0.1) is 0 Å². The molecule has 3 nitrogen and oxygen atoms in total. The van der Waals surface area contributed by atoms with Gasteiger partial charge in [0.2, 0.25) is 0 Å². The second-order valence-electron chi connectivity index (χ2n) is 0.880. The third-order valence-electron chi connectivity index (χ3n) is 0.372. The van der Waals surface area contributed by atoms with Crippen molar-refractivity contribution in [2.24, 2.45) is 0 Å². The van der Waals surface area contributed by atoms with Crippen LogP contribution in [0.1, 0.15) is 6.42 Å². The average Bonchev–Trinajstić information content (AvgIpc) is 1.61. The molecule has 0 aromatic heterocycles. The highest BCUT2D eigenvalue weighted by Gasteiger charge is 1.80. The minimum absolute atomic E-state index is 0.0451. The third kappa shape index (κ3) is 3.88. The van der Waals surface area contributed by atoms with Crippen molar-refractivity contribution in [2.45, 2.75) is 6.42 Å². The Balaban J connectivity index is 2.34. The first-order chi connectivity index (χ1) is 2.91. The predicted molar refractivity (Wildman–Crippen MR) is 16.8 cm³/mol. The summed E-state index contributed by atoms with van der Waals surface area (Å²) in [5, 5.41) is 18.5. The van der Waals surface area contributed by atoms with Gasteiger partial charge in [-0.3, -0.25) is 0 Å². The van der Waals surface area contributed by atoms with Crippen LogP contribution in [0.25, 0.3) is 0 Å². The SMILES string of the molecule is [O]CCCO[O]. The van der Waals surface area contributed by atoms with E-state index in [1.54, 1.807) is 0 Å². The van der Waals surface area contributed by atoms with Gasteiger partial charge in [-0.05, 0) is 5.26 Å². The lowest BCUT2D eigenvalue weighted by atomic mass is 10.5. The van der Waals surface area contributed by atoms with Gasteiger partial charge in [-0.25, -0.2) is 9.99 Å². The molecule has 0 aliphatic heterocycles. The Morgan fingerprint density at radius 3 is 2.33 bits per heavy atom. The molecule has 0 spiro atoms. The summed E-state index contributed by atoms with van der Waals surface area (Å²) in [6.45, 7) is -0.175. The Bertz CT molecular complexity index is 18.0. The summed E-state index contributed by atoms with van der Waals surface area (Å²) in [5.74, 6) is 0. The van der Waals surface area contributed by atoms with E-state index in [1.807, 2.05) is 0 Å². The highest BCUT2D eigenvalue weighted by molar-refractivity contribution is 4.23. The van der Waals surface area contributed by atoms with Crippen molar-refractivity contribution in [3.8, 4) is 0 Å². The summed E-state index contributed by atoms with van der Waals surface area (Å²) in [7, 11) is 0. The van der Waals surface area contributed by atoms with Crippen molar-refractivity contribution in [3.05, 3.63) is 0 Å². The largest absolute Gasteiger partial charge is 0.237 e. The van der Waals surface area contributed by atoms with E-state index in [1.165, 1.54) is 0 Å². The van der Waals surface area contributed by atoms with Crippen LogP contribution in [-0.4, -0.2) is 13.2 Å². The van der Waals surface area contributed by atoms with Crippen LogP contribution in [0.2, 0.25) is 0 Å². The number of rotatable bonds is 3. The summed E-state index contributed by atoms with van der Waals surface area (Å²) in [6, 6.07) is 0. The van der Waals surface area contributed by atoms with Crippen LogP contribution in [0.15, 0.2) is 0 Å². The maximum atomic E-state index is 9.47. The zero-order valence-electron chi connectivity index (χ0n) is 3.35. The molecule has 0 rings (SSSR count). The van der Waals surface area contributed by atoms with E-state index in [0.29, 0.717) is 6.42 Å². The molecule has 0 fully saturated rings. The van der Waals surface area contributed by atoms with Crippen molar-refractivity contribution < 1.29 is 15.3 Å². The molecule has 6 heavy (non-hydrogen) atoms. The number of hydrogen-bond donors (Lipinski definition) is 0. The molecule has 0 bridgehead atoms. The van der Waals surface area contributed by atoms with Gasteiger partial charge in [-0.2, -0.15) is 0 Å².